The molecule has 0 aliphatic rings. The van der Waals surface area contributed by atoms with E-state index in [-0.39, 0.29) is 6.10 Å². The topological polar surface area (TPSA) is 72.7 Å². The minimum absolute atomic E-state index is 0.0530. The minimum atomic E-state index is -0.0530. The number of imidazole rings is 1. The maximum atomic E-state index is 5.96. The lowest BCUT2D eigenvalue weighted by Crippen LogP contribution is -2.41. The number of ether oxygens (including phenoxy) is 2. The van der Waals surface area contributed by atoms with Crippen molar-refractivity contribution >= 4 is 5.96 Å². The highest BCUT2D eigenvalue weighted by Gasteiger charge is 2.10. The Bertz CT molecular complexity index is 727. The third-order valence-electron chi connectivity index (χ3n) is 3.96. The first-order valence-corrected chi connectivity index (χ1v) is 9.27. The van der Waals surface area contributed by atoms with Crippen LogP contribution in [-0.4, -0.2) is 42.3 Å². The third kappa shape index (κ3) is 6.51. The van der Waals surface area contributed by atoms with Crippen LogP contribution in [-0.2, 0) is 13.1 Å². The molecule has 0 fully saturated rings. The maximum Gasteiger partial charge on any atom is 0.191 e. The summed E-state index contributed by atoms with van der Waals surface area (Å²) in [6.07, 6.45) is 3.79. The van der Waals surface area contributed by atoms with Gasteiger partial charge >= 0.3 is 0 Å². The van der Waals surface area contributed by atoms with Crippen LogP contribution in [0.5, 0.6) is 11.5 Å². The van der Waals surface area contributed by atoms with E-state index in [9.17, 15) is 0 Å². The molecule has 148 valence electrons. The van der Waals surface area contributed by atoms with E-state index in [0.29, 0.717) is 25.0 Å². The van der Waals surface area contributed by atoms with Gasteiger partial charge in [-0.05, 0) is 25.0 Å². The molecule has 7 heteroatoms. The number of hydrogen-bond acceptors (Lipinski definition) is 4. The van der Waals surface area contributed by atoms with E-state index < -0.39 is 0 Å². The second-order valence-corrected chi connectivity index (χ2v) is 6.78. The number of hydrogen-bond donors (Lipinski definition) is 2. The first-order chi connectivity index (χ1) is 13.0. The van der Waals surface area contributed by atoms with Gasteiger partial charge in [0.1, 0.15) is 11.9 Å². The summed E-state index contributed by atoms with van der Waals surface area (Å²) in [5, 5.41) is 6.59. The fourth-order valence-corrected chi connectivity index (χ4v) is 2.67. The Morgan fingerprint density at radius 2 is 1.93 bits per heavy atom. The zero-order chi connectivity index (χ0) is 19.6. The van der Waals surface area contributed by atoms with Gasteiger partial charge in [-0.1, -0.05) is 26.0 Å². The summed E-state index contributed by atoms with van der Waals surface area (Å²) in [7, 11) is 3.39. The van der Waals surface area contributed by atoms with Crippen LogP contribution in [0.25, 0.3) is 0 Å². The van der Waals surface area contributed by atoms with Crippen LogP contribution >= 0.6 is 0 Å². The highest BCUT2D eigenvalue weighted by Crippen LogP contribution is 2.26. The Kier molecular flexibility index (Phi) is 7.98. The molecule has 0 bridgehead atoms. The van der Waals surface area contributed by atoms with E-state index in [2.05, 4.69) is 39.0 Å². The number of nitrogens with zero attached hydrogens (tertiary/aromatic N) is 3. The smallest absolute Gasteiger partial charge is 0.191 e. The summed E-state index contributed by atoms with van der Waals surface area (Å²) >= 11 is 0. The summed E-state index contributed by atoms with van der Waals surface area (Å²) in [4.78, 5) is 8.69. The predicted octanol–water partition coefficient (Wildman–Crippen LogP) is 2.68. The third-order valence-corrected chi connectivity index (χ3v) is 3.96. The Morgan fingerprint density at radius 3 is 2.59 bits per heavy atom. The molecule has 2 N–H and O–H groups in total. The number of benzene rings is 1. The Labute approximate surface area is 161 Å². The van der Waals surface area contributed by atoms with Crippen molar-refractivity contribution in [3.8, 4) is 11.5 Å². The number of aliphatic imine (C=N–C) groups is 1. The van der Waals surface area contributed by atoms with Crippen LogP contribution in [0.1, 0.15) is 26.6 Å². The molecule has 0 aliphatic carbocycles. The first kappa shape index (κ1) is 20.6. The van der Waals surface area contributed by atoms with Gasteiger partial charge in [-0.2, -0.15) is 0 Å². The lowest BCUT2D eigenvalue weighted by molar-refractivity contribution is 0.213. The van der Waals surface area contributed by atoms with Crippen molar-refractivity contribution in [2.24, 2.45) is 10.9 Å². The molecule has 7 nitrogen and oxygen atoms in total. The van der Waals surface area contributed by atoms with Crippen molar-refractivity contribution < 1.29 is 9.47 Å². The van der Waals surface area contributed by atoms with Crippen LogP contribution in [0.3, 0.4) is 0 Å². The number of nitrogens with one attached hydrogen (secondary N) is 2. The highest BCUT2D eigenvalue weighted by molar-refractivity contribution is 5.79. The standard InChI is InChI=1S/C20H31N5O2/c1-15(2)14-25-11-10-22-19(25)13-24-20(21-4)23-12-16(3)27-18-9-7-6-8-17(18)26-5/h6-11,15-16H,12-14H2,1-5H3,(H2,21,23,24). The van der Waals surface area contributed by atoms with Crippen LogP contribution in [0.4, 0.5) is 0 Å². The largest absolute Gasteiger partial charge is 0.493 e. The minimum Gasteiger partial charge on any atom is -0.493 e. The second kappa shape index (κ2) is 10.4. The van der Waals surface area contributed by atoms with Gasteiger partial charge in [-0.25, -0.2) is 4.98 Å². The monoisotopic (exact) mass is 373 g/mol. The van der Waals surface area contributed by atoms with Gasteiger partial charge in [0.2, 0.25) is 0 Å². The number of aromatic nitrogens is 2. The highest BCUT2D eigenvalue weighted by atomic mass is 16.5. The van der Waals surface area contributed by atoms with Gasteiger partial charge < -0.3 is 24.7 Å². The molecule has 0 saturated heterocycles. The molecule has 2 rings (SSSR count). The van der Waals surface area contributed by atoms with Crippen molar-refractivity contribution in [2.45, 2.75) is 40.0 Å². The Balaban J connectivity index is 1.82. The van der Waals surface area contributed by atoms with Crippen LogP contribution < -0.4 is 20.1 Å². The summed E-state index contributed by atoms with van der Waals surface area (Å²) in [5.41, 5.74) is 0. The lowest BCUT2D eigenvalue weighted by atomic mass is 10.2. The molecule has 0 amide bonds. The first-order valence-electron chi connectivity index (χ1n) is 9.27. The maximum absolute atomic E-state index is 5.96. The molecule has 1 aromatic heterocycles. The zero-order valence-electron chi connectivity index (χ0n) is 16.9. The van der Waals surface area contributed by atoms with Gasteiger partial charge in [0, 0.05) is 26.0 Å². The number of methoxy groups -OCH3 is 1. The molecule has 1 unspecified atom stereocenters. The summed E-state index contributed by atoms with van der Waals surface area (Å²) in [6, 6.07) is 7.63. The molecule has 1 atom stereocenters. The average molecular weight is 374 g/mol. The van der Waals surface area contributed by atoms with E-state index in [4.69, 9.17) is 9.47 Å². The zero-order valence-corrected chi connectivity index (χ0v) is 16.9. The lowest BCUT2D eigenvalue weighted by Gasteiger charge is -2.19. The van der Waals surface area contributed by atoms with Gasteiger partial charge in [0.25, 0.3) is 0 Å². The number of guanidine groups is 1. The summed E-state index contributed by atoms with van der Waals surface area (Å²) in [6.45, 7) is 8.57. The van der Waals surface area contributed by atoms with Gasteiger partial charge in [0.05, 0.1) is 20.2 Å². The second-order valence-electron chi connectivity index (χ2n) is 6.78. The molecule has 0 aliphatic heterocycles. The summed E-state index contributed by atoms with van der Waals surface area (Å²) in [5.74, 6) is 3.73. The summed E-state index contributed by atoms with van der Waals surface area (Å²) < 4.78 is 13.4. The molecule has 0 saturated carbocycles. The Hall–Kier alpha value is -2.70. The molecular formula is C20H31N5O2. The molecule has 1 aromatic carbocycles. The fourth-order valence-electron chi connectivity index (χ4n) is 2.67. The van der Waals surface area contributed by atoms with Crippen molar-refractivity contribution in [2.75, 3.05) is 20.7 Å². The molecule has 0 spiro atoms. The predicted molar refractivity (Wildman–Crippen MR) is 108 cm³/mol. The molecular weight excluding hydrogens is 342 g/mol. The van der Waals surface area contributed by atoms with Crippen molar-refractivity contribution in [1.29, 1.82) is 0 Å². The molecule has 2 aromatic rings. The SMILES string of the molecule is CN=C(NCc1nccn1CC(C)C)NCC(C)Oc1ccccc1OC. The number of para-hydroxylation sites is 2. The van der Waals surface area contributed by atoms with E-state index in [0.717, 1.165) is 23.9 Å². The van der Waals surface area contributed by atoms with Gasteiger partial charge in [-0.15, -0.1) is 0 Å². The van der Waals surface area contributed by atoms with Crippen molar-refractivity contribution in [3.63, 3.8) is 0 Å². The van der Waals surface area contributed by atoms with E-state index in [1.165, 1.54) is 0 Å². The van der Waals surface area contributed by atoms with Crippen LogP contribution in [0.15, 0.2) is 41.7 Å². The fraction of sp³-hybridized carbons (Fsp3) is 0.500. The van der Waals surface area contributed by atoms with Crippen LogP contribution in [0, 0.1) is 5.92 Å². The average Bonchev–Trinajstić information content (AvgIpc) is 3.08. The van der Waals surface area contributed by atoms with Gasteiger partial charge in [0.15, 0.2) is 17.5 Å². The number of rotatable bonds is 9. The van der Waals surface area contributed by atoms with E-state index >= 15 is 0 Å². The molecule has 1 heterocycles. The quantitative estimate of drug-likeness (QED) is 0.522. The van der Waals surface area contributed by atoms with Crippen molar-refractivity contribution in [3.05, 3.63) is 42.5 Å². The van der Waals surface area contributed by atoms with Gasteiger partial charge in [-0.3, -0.25) is 4.99 Å². The Morgan fingerprint density at radius 1 is 1.19 bits per heavy atom. The van der Waals surface area contributed by atoms with Crippen LogP contribution in [0.2, 0.25) is 0 Å². The normalized spacial score (nSPS) is 12.7. The molecule has 27 heavy (non-hydrogen) atoms. The van der Waals surface area contributed by atoms with E-state index in [1.807, 2.05) is 43.6 Å². The molecule has 0 radical (unpaired) electrons. The van der Waals surface area contributed by atoms with Crippen molar-refractivity contribution in [1.82, 2.24) is 20.2 Å². The van der Waals surface area contributed by atoms with E-state index in [1.54, 1.807) is 14.2 Å².